The molecule has 28 heavy (non-hydrogen) atoms. The van der Waals surface area contributed by atoms with Crippen molar-refractivity contribution >= 4 is 37.4 Å². The Morgan fingerprint density at radius 3 is 2.46 bits per heavy atom. The van der Waals surface area contributed by atoms with Gasteiger partial charge < -0.3 is 0 Å². The molecule has 1 heterocycles. The van der Waals surface area contributed by atoms with Gasteiger partial charge in [0.1, 0.15) is 5.82 Å². The van der Waals surface area contributed by atoms with E-state index in [4.69, 9.17) is 0 Å². The third-order valence-electron chi connectivity index (χ3n) is 4.37. The van der Waals surface area contributed by atoms with Gasteiger partial charge in [0.25, 0.3) is 0 Å². The van der Waals surface area contributed by atoms with E-state index in [-0.39, 0.29) is 5.43 Å². The lowest BCUT2D eigenvalue weighted by molar-refractivity contribution is 0.607. The second-order valence-electron chi connectivity index (χ2n) is 6.48. The monoisotopic (exact) mass is 394 g/mol. The molecule has 0 saturated heterocycles. The third-order valence-corrected chi connectivity index (χ3v) is 4.98. The summed E-state index contributed by atoms with van der Waals surface area (Å²) in [5.41, 5.74) is 1.31. The van der Waals surface area contributed by atoms with Crippen LogP contribution in [-0.4, -0.2) is 19.7 Å². The molecule has 0 unspecified atom stereocenters. The van der Waals surface area contributed by atoms with Crippen molar-refractivity contribution in [1.82, 2.24) is 4.98 Å². The summed E-state index contributed by atoms with van der Waals surface area (Å²) in [4.78, 5) is 17.5. The fourth-order valence-corrected chi connectivity index (χ4v) is 3.68. The normalized spacial score (nSPS) is 11.6. The lowest BCUT2D eigenvalue weighted by Crippen LogP contribution is -2.10. The summed E-state index contributed by atoms with van der Waals surface area (Å²) in [6, 6.07) is 16.1. The molecule has 0 aliphatic rings. The Labute approximate surface area is 160 Å². The number of anilines is 1. The number of pyridine rings is 1. The number of hydrogen-bond acceptors (Lipinski definition) is 4. The van der Waals surface area contributed by atoms with E-state index in [1.54, 1.807) is 48.5 Å². The number of rotatable bonds is 3. The lowest BCUT2D eigenvalue weighted by atomic mass is 10.1. The summed E-state index contributed by atoms with van der Waals surface area (Å²) < 4.78 is 39.5. The van der Waals surface area contributed by atoms with Crippen LogP contribution in [0, 0.1) is 5.82 Å². The maximum atomic E-state index is 14.1. The molecule has 7 heteroatoms. The number of aromatic nitrogens is 1. The predicted molar refractivity (Wildman–Crippen MR) is 109 cm³/mol. The standard InChI is InChI=1S/C21H15FN2O3S/c1-28(26,27)24-15-8-6-13-7-9-20-18(21(25)17(13)11-15)10-14(12-23-20)16-4-2-3-5-19(16)22/h2-12,24H,1H3. The Morgan fingerprint density at radius 1 is 0.964 bits per heavy atom. The van der Waals surface area contributed by atoms with Crippen molar-refractivity contribution < 1.29 is 12.8 Å². The molecule has 0 saturated carbocycles. The molecule has 3 aromatic carbocycles. The van der Waals surface area contributed by atoms with E-state index in [0.717, 1.165) is 6.26 Å². The van der Waals surface area contributed by atoms with E-state index < -0.39 is 15.8 Å². The summed E-state index contributed by atoms with van der Waals surface area (Å²) in [6.45, 7) is 0. The van der Waals surface area contributed by atoms with Gasteiger partial charge in [0, 0.05) is 33.8 Å². The number of fused-ring (bicyclic) bond motifs is 2. The van der Waals surface area contributed by atoms with E-state index in [1.807, 2.05) is 0 Å². The number of nitrogens with zero attached hydrogens (tertiary/aromatic N) is 1. The van der Waals surface area contributed by atoms with Gasteiger partial charge in [-0.2, -0.15) is 0 Å². The molecule has 0 aliphatic heterocycles. The van der Waals surface area contributed by atoms with Gasteiger partial charge in [0.05, 0.1) is 11.8 Å². The highest BCUT2D eigenvalue weighted by Crippen LogP contribution is 2.25. The van der Waals surface area contributed by atoms with Crippen LogP contribution in [0.5, 0.6) is 0 Å². The Kier molecular flexibility index (Phi) is 4.31. The summed E-state index contributed by atoms with van der Waals surface area (Å²) in [5.74, 6) is -0.402. The number of nitrogens with one attached hydrogen (secondary N) is 1. The summed E-state index contributed by atoms with van der Waals surface area (Å²) in [7, 11) is -3.47. The van der Waals surface area contributed by atoms with E-state index in [0.29, 0.717) is 38.5 Å². The average molecular weight is 394 g/mol. The highest BCUT2D eigenvalue weighted by molar-refractivity contribution is 7.92. The number of halogens is 1. The molecule has 4 aromatic rings. The molecule has 0 bridgehead atoms. The van der Waals surface area contributed by atoms with Crippen LogP contribution in [0.15, 0.2) is 71.7 Å². The Hall–Kier alpha value is -3.32. The minimum absolute atomic E-state index is 0.296. The number of hydrogen-bond donors (Lipinski definition) is 1. The van der Waals surface area contributed by atoms with Crippen molar-refractivity contribution in [3.8, 4) is 11.1 Å². The van der Waals surface area contributed by atoms with Crippen molar-refractivity contribution in [3.05, 3.63) is 82.9 Å². The second kappa shape index (κ2) is 6.69. The molecular formula is C21H15FN2O3S. The van der Waals surface area contributed by atoms with Gasteiger partial charge >= 0.3 is 0 Å². The van der Waals surface area contributed by atoms with Crippen LogP contribution in [0.2, 0.25) is 0 Å². The molecule has 0 spiro atoms. The topological polar surface area (TPSA) is 76.1 Å². The maximum Gasteiger partial charge on any atom is 0.229 e. The van der Waals surface area contributed by atoms with Crippen LogP contribution in [0.4, 0.5) is 10.1 Å². The van der Waals surface area contributed by atoms with E-state index in [9.17, 15) is 17.6 Å². The molecule has 1 N–H and O–H groups in total. The highest BCUT2D eigenvalue weighted by Gasteiger charge is 2.10. The van der Waals surface area contributed by atoms with E-state index in [2.05, 4.69) is 9.71 Å². The van der Waals surface area contributed by atoms with Crippen LogP contribution in [-0.2, 0) is 10.0 Å². The fraction of sp³-hybridized carbons (Fsp3) is 0.0476. The Bertz CT molecular complexity index is 1400. The van der Waals surface area contributed by atoms with E-state index in [1.165, 1.54) is 18.3 Å². The number of benzene rings is 2. The summed E-state index contributed by atoms with van der Waals surface area (Å²) >= 11 is 0. The first-order valence-electron chi connectivity index (χ1n) is 8.41. The molecule has 5 nitrogen and oxygen atoms in total. The zero-order valence-corrected chi connectivity index (χ0v) is 15.6. The lowest BCUT2D eigenvalue weighted by Gasteiger charge is -2.04. The van der Waals surface area contributed by atoms with Crippen molar-refractivity contribution in [3.63, 3.8) is 0 Å². The largest absolute Gasteiger partial charge is 0.289 e. The minimum atomic E-state index is -3.47. The second-order valence-corrected chi connectivity index (χ2v) is 8.22. The van der Waals surface area contributed by atoms with Crippen LogP contribution < -0.4 is 10.2 Å². The molecule has 140 valence electrons. The fourth-order valence-electron chi connectivity index (χ4n) is 3.12. The van der Waals surface area contributed by atoms with Crippen molar-refractivity contribution in [2.75, 3.05) is 11.0 Å². The Morgan fingerprint density at radius 2 is 1.71 bits per heavy atom. The van der Waals surface area contributed by atoms with Crippen LogP contribution in [0.1, 0.15) is 0 Å². The molecule has 1 aromatic heterocycles. The minimum Gasteiger partial charge on any atom is -0.289 e. The van der Waals surface area contributed by atoms with Crippen LogP contribution in [0.3, 0.4) is 0 Å². The van der Waals surface area contributed by atoms with Crippen molar-refractivity contribution in [1.29, 1.82) is 0 Å². The number of sulfonamides is 1. The van der Waals surface area contributed by atoms with Crippen molar-refractivity contribution in [2.45, 2.75) is 0 Å². The predicted octanol–water partition coefficient (Wildman–Crippen LogP) is 3.93. The molecule has 0 radical (unpaired) electrons. The molecule has 0 fully saturated rings. The molecule has 4 rings (SSSR count). The summed E-state index contributed by atoms with van der Waals surface area (Å²) in [6.07, 6.45) is 2.57. The Balaban J connectivity index is 2.00. The van der Waals surface area contributed by atoms with Gasteiger partial charge in [-0.3, -0.25) is 14.5 Å². The van der Waals surface area contributed by atoms with E-state index >= 15 is 0 Å². The molecule has 0 aliphatic carbocycles. The molecule has 0 amide bonds. The van der Waals surface area contributed by atoms with Gasteiger partial charge in [0.15, 0.2) is 5.43 Å². The average Bonchev–Trinajstić information content (AvgIpc) is 2.78. The smallest absolute Gasteiger partial charge is 0.229 e. The third kappa shape index (κ3) is 3.44. The molecular weight excluding hydrogens is 379 g/mol. The quantitative estimate of drug-likeness (QED) is 0.571. The van der Waals surface area contributed by atoms with Gasteiger partial charge in [-0.25, -0.2) is 12.8 Å². The van der Waals surface area contributed by atoms with Crippen molar-refractivity contribution in [2.24, 2.45) is 0 Å². The van der Waals surface area contributed by atoms with Gasteiger partial charge in [-0.1, -0.05) is 30.3 Å². The first kappa shape index (κ1) is 18.1. The molecule has 0 atom stereocenters. The summed E-state index contributed by atoms with van der Waals surface area (Å²) in [5, 5.41) is 1.32. The van der Waals surface area contributed by atoms with Gasteiger partial charge in [-0.05, 0) is 35.7 Å². The zero-order valence-electron chi connectivity index (χ0n) is 14.8. The maximum absolute atomic E-state index is 14.1. The van der Waals surface area contributed by atoms with Gasteiger partial charge in [0.2, 0.25) is 10.0 Å². The SMILES string of the molecule is CS(=O)(=O)Nc1ccc2ccc3ncc(-c4ccccc4F)cc3c(=O)c2c1. The first-order chi connectivity index (χ1) is 13.3. The first-order valence-corrected chi connectivity index (χ1v) is 10.3. The van der Waals surface area contributed by atoms with Crippen LogP contribution in [0.25, 0.3) is 32.8 Å². The van der Waals surface area contributed by atoms with Crippen LogP contribution >= 0.6 is 0 Å². The van der Waals surface area contributed by atoms with Gasteiger partial charge in [-0.15, -0.1) is 0 Å². The highest BCUT2D eigenvalue weighted by atomic mass is 32.2. The zero-order chi connectivity index (χ0) is 19.9.